The van der Waals surface area contributed by atoms with E-state index in [9.17, 15) is 14.4 Å². The second kappa shape index (κ2) is 6.26. The number of hydrogen-bond donors (Lipinski definition) is 1. The van der Waals surface area contributed by atoms with Crippen molar-refractivity contribution in [2.45, 2.75) is 13.8 Å². The summed E-state index contributed by atoms with van der Waals surface area (Å²) in [4.78, 5) is 35.1. The number of ether oxygens (including phenoxy) is 1. The molecule has 0 aliphatic carbocycles. The number of hydrogen-bond acceptors (Lipinski definition) is 5. The molecule has 0 radical (unpaired) electrons. The summed E-state index contributed by atoms with van der Waals surface area (Å²) in [7, 11) is 1.28. The molecule has 0 saturated carbocycles. The normalized spacial score (nSPS) is 10.1. The lowest BCUT2D eigenvalue weighted by atomic mass is 10.1. The van der Waals surface area contributed by atoms with Crippen LogP contribution < -0.4 is 10.9 Å². The average Bonchev–Trinajstić information content (AvgIpc) is 2.45. The Bertz CT molecular complexity index is 765. The van der Waals surface area contributed by atoms with Crippen LogP contribution in [0.15, 0.2) is 39.5 Å². The fraction of sp³-hybridized carbons (Fsp3) is 0.188. The molecule has 0 aliphatic rings. The summed E-state index contributed by atoms with van der Waals surface area (Å²) in [6, 6.07) is 7.63. The van der Waals surface area contributed by atoms with Crippen molar-refractivity contribution in [3.63, 3.8) is 0 Å². The van der Waals surface area contributed by atoms with Crippen LogP contribution in [0.2, 0.25) is 0 Å². The highest BCUT2D eigenvalue weighted by molar-refractivity contribution is 6.06. The summed E-state index contributed by atoms with van der Waals surface area (Å²) >= 11 is 0. The van der Waals surface area contributed by atoms with E-state index < -0.39 is 17.5 Å². The van der Waals surface area contributed by atoms with Crippen LogP contribution in [-0.4, -0.2) is 19.0 Å². The SMILES string of the molecule is COC(=O)c1cccc(NC(=O)c2c(C)cc(=O)oc2C)c1. The Hall–Kier alpha value is -2.89. The van der Waals surface area contributed by atoms with Gasteiger partial charge in [-0.1, -0.05) is 6.07 Å². The number of esters is 1. The van der Waals surface area contributed by atoms with E-state index in [0.29, 0.717) is 22.4 Å². The van der Waals surface area contributed by atoms with Gasteiger partial charge in [0.15, 0.2) is 0 Å². The van der Waals surface area contributed by atoms with Gasteiger partial charge in [-0.25, -0.2) is 9.59 Å². The number of carbonyl (C=O) groups is 2. The Balaban J connectivity index is 2.30. The standard InChI is InChI=1S/C16H15NO5/c1-9-7-13(18)22-10(2)14(9)15(19)17-12-6-4-5-11(8-12)16(20)21-3/h4-8H,1-3H3,(H,17,19). The van der Waals surface area contributed by atoms with E-state index in [0.717, 1.165) is 0 Å². The Morgan fingerprint density at radius 1 is 1.18 bits per heavy atom. The molecule has 22 heavy (non-hydrogen) atoms. The lowest BCUT2D eigenvalue weighted by Gasteiger charge is -2.10. The third-order valence-corrected chi connectivity index (χ3v) is 3.10. The van der Waals surface area contributed by atoms with Crippen molar-refractivity contribution in [2.75, 3.05) is 12.4 Å². The van der Waals surface area contributed by atoms with Crippen molar-refractivity contribution in [1.82, 2.24) is 0 Å². The largest absolute Gasteiger partial charge is 0.465 e. The maximum atomic E-state index is 12.3. The van der Waals surface area contributed by atoms with Crippen molar-refractivity contribution < 1.29 is 18.7 Å². The number of anilines is 1. The van der Waals surface area contributed by atoms with Gasteiger partial charge in [0.2, 0.25) is 0 Å². The molecule has 1 heterocycles. The molecule has 1 amide bonds. The van der Waals surface area contributed by atoms with Gasteiger partial charge in [0.1, 0.15) is 5.76 Å². The Morgan fingerprint density at radius 3 is 2.55 bits per heavy atom. The predicted octanol–water partition coefficient (Wildman–Crippen LogP) is 2.30. The monoisotopic (exact) mass is 301 g/mol. The Kier molecular flexibility index (Phi) is 4.41. The minimum Gasteiger partial charge on any atom is -0.465 e. The molecular weight excluding hydrogens is 286 g/mol. The van der Waals surface area contributed by atoms with Crippen LogP contribution in [-0.2, 0) is 4.74 Å². The van der Waals surface area contributed by atoms with Gasteiger partial charge in [0.25, 0.3) is 5.91 Å². The second-order valence-corrected chi connectivity index (χ2v) is 4.71. The molecule has 0 unspecified atom stereocenters. The first-order valence-electron chi connectivity index (χ1n) is 6.53. The quantitative estimate of drug-likeness (QED) is 0.879. The van der Waals surface area contributed by atoms with Gasteiger partial charge in [-0.2, -0.15) is 0 Å². The fourth-order valence-electron chi connectivity index (χ4n) is 2.13. The van der Waals surface area contributed by atoms with E-state index in [2.05, 4.69) is 10.1 Å². The summed E-state index contributed by atoms with van der Waals surface area (Å²) < 4.78 is 9.57. The molecule has 0 spiro atoms. The predicted molar refractivity (Wildman–Crippen MR) is 80.2 cm³/mol. The first kappa shape index (κ1) is 15.5. The van der Waals surface area contributed by atoms with Crippen LogP contribution >= 0.6 is 0 Å². The minimum atomic E-state index is -0.501. The number of methoxy groups -OCH3 is 1. The third kappa shape index (κ3) is 3.22. The molecule has 6 nitrogen and oxygen atoms in total. The lowest BCUT2D eigenvalue weighted by molar-refractivity contribution is 0.0600. The zero-order valence-corrected chi connectivity index (χ0v) is 12.4. The zero-order valence-electron chi connectivity index (χ0n) is 12.4. The number of amides is 1. The van der Waals surface area contributed by atoms with E-state index in [1.807, 2.05) is 0 Å². The number of nitrogens with one attached hydrogen (secondary N) is 1. The number of benzene rings is 1. The molecule has 1 aromatic carbocycles. The number of carbonyl (C=O) groups excluding carboxylic acids is 2. The van der Waals surface area contributed by atoms with E-state index in [1.54, 1.807) is 32.0 Å². The molecule has 1 aromatic heterocycles. The third-order valence-electron chi connectivity index (χ3n) is 3.10. The summed E-state index contributed by atoms with van der Waals surface area (Å²) in [6.45, 7) is 3.21. The van der Waals surface area contributed by atoms with E-state index >= 15 is 0 Å². The van der Waals surface area contributed by atoms with Gasteiger partial charge in [-0.05, 0) is 37.6 Å². The maximum absolute atomic E-state index is 12.3. The van der Waals surface area contributed by atoms with Crippen LogP contribution in [0.4, 0.5) is 5.69 Å². The number of rotatable bonds is 3. The molecule has 114 valence electrons. The summed E-state index contributed by atoms with van der Waals surface area (Å²) in [6.07, 6.45) is 0. The molecule has 1 N–H and O–H groups in total. The Labute approximate surface area is 126 Å². The molecule has 0 saturated heterocycles. The molecule has 2 aromatic rings. The van der Waals surface area contributed by atoms with Crippen LogP contribution in [0, 0.1) is 13.8 Å². The first-order chi connectivity index (χ1) is 10.4. The molecule has 2 rings (SSSR count). The maximum Gasteiger partial charge on any atom is 0.337 e. The van der Waals surface area contributed by atoms with Crippen molar-refractivity contribution >= 4 is 17.6 Å². The van der Waals surface area contributed by atoms with Crippen molar-refractivity contribution in [3.05, 3.63) is 63.2 Å². The summed E-state index contributed by atoms with van der Waals surface area (Å²) in [5, 5.41) is 2.67. The fourth-order valence-corrected chi connectivity index (χ4v) is 2.13. The molecule has 0 fully saturated rings. The van der Waals surface area contributed by atoms with Gasteiger partial charge in [-0.15, -0.1) is 0 Å². The van der Waals surface area contributed by atoms with Gasteiger partial charge >= 0.3 is 11.6 Å². The van der Waals surface area contributed by atoms with Crippen LogP contribution in [0.25, 0.3) is 0 Å². The number of aryl methyl sites for hydroxylation is 2. The van der Waals surface area contributed by atoms with Gasteiger partial charge in [0.05, 0.1) is 18.2 Å². The molecule has 0 atom stereocenters. The van der Waals surface area contributed by atoms with Crippen molar-refractivity contribution in [2.24, 2.45) is 0 Å². The topological polar surface area (TPSA) is 85.6 Å². The minimum absolute atomic E-state index is 0.242. The smallest absolute Gasteiger partial charge is 0.337 e. The van der Waals surface area contributed by atoms with Crippen LogP contribution in [0.1, 0.15) is 32.0 Å². The average molecular weight is 301 g/mol. The van der Waals surface area contributed by atoms with Gasteiger partial charge in [-0.3, -0.25) is 4.79 Å². The van der Waals surface area contributed by atoms with Crippen LogP contribution in [0.5, 0.6) is 0 Å². The lowest BCUT2D eigenvalue weighted by Crippen LogP contribution is -2.17. The van der Waals surface area contributed by atoms with E-state index in [1.165, 1.54) is 19.2 Å². The second-order valence-electron chi connectivity index (χ2n) is 4.71. The van der Waals surface area contributed by atoms with E-state index in [-0.39, 0.29) is 5.76 Å². The highest BCUT2D eigenvalue weighted by Gasteiger charge is 2.16. The van der Waals surface area contributed by atoms with Crippen molar-refractivity contribution in [1.29, 1.82) is 0 Å². The highest BCUT2D eigenvalue weighted by atomic mass is 16.5. The molecule has 6 heteroatoms. The molecular formula is C16H15NO5. The molecule has 0 aliphatic heterocycles. The Morgan fingerprint density at radius 2 is 1.91 bits per heavy atom. The van der Waals surface area contributed by atoms with E-state index in [4.69, 9.17) is 4.42 Å². The first-order valence-corrected chi connectivity index (χ1v) is 6.53. The highest BCUT2D eigenvalue weighted by Crippen LogP contribution is 2.16. The van der Waals surface area contributed by atoms with Gasteiger partial charge in [0, 0.05) is 11.8 Å². The molecule has 0 bridgehead atoms. The summed E-state index contributed by atoms with van der Waals surface area (Å²) in [5.41, 5.74) is 1.09. The van der Waals surface area contributed by atoms with Gasteiger partial charge < -0.3 is 14.5 Å². The van der Waals surface area contributed by atoms with Crippen LogP contribution in [0.3, 0.4) is 0 Å². The van der Waals surface area contributed by atoms with Crippen molar-refractivity contribution in [3.8, 4) is 0 Å². The zero-order chi connectivity index (χ0) is 16.3. The summed E-state index contributed by atoms with van der Waals surface area (Å²) in [5.74, 6) is -0.665.